The minimum atomic E-state index is -3.29. The van der Waals surface area contributed by atoms with E-state index < -0.39 is 9.84 Å². The molecular formula is C19H23NO3S. The Morgan fingerprint density at radius 3 is 2.25 bits per heavy atom. The summed E-state index contributed by atoms with van der Waals surface area (Å²) in [6.07, 6.45) is 2.42. The molecule has 0 spiro atoms. The number of hydrogen-bond acceptors (Lipinski definition) is 3. The number of hydrogen-bond donors (Lipinski definition) is 1. The number of rotatable bonds is 6. The largest absolute Gasteiger partial charge is 0.326 e. The van der Waals surface area contributed by atoms with E-state index in [1.807, 2.05) is 24.3 Å². The minimum Gasteiger partial charge on any atom is -0.326 e. The number of amides is 1. The average molecular weight is 345 g/mol. The molecule has 0 aliphatic carbocycles. The van der Waals surface area contributed by atoms with E-state index in [0.29, 0.717) is 11.6 Å². The summed E-state index contributed by atoms with van der Waals surface area (Å²) in [6.45, 7) is 4.35. The summed E-state index contributed by atoms with van der Waals surface area (Å²) in [5.41, 5.74) is 2.67. The van der Waals surface area contributed by atoms with Crippen molar-refractivity contribution < 1.29 is 13.2 Å². The van der Waals surface area contributed by atoms with Gasteiger partial charge < -0.3 is 5.32 Å². The molecule has 0 aromatic heterocycles. The number of benzene rings is 2. The van der Waals surface area contributed by atoms with E-state index in [1.54, 1.807) is 12.1 Å². The molecule has 5 heteroatoms. The zero-order valence-corrected chi connectivity index (χ0v) is 15.1. The van der Waals surface area contributed by atoms with Gasteiger partial charge >= 0.3 is 0 Å². The molecule has 2 aromatic rings. The molecule has 0 saturated heterocycles. The molecule has 2 rings (SSSR count). The van der Waals surface area contributed by atoms with E-state index in [4.69, 9.17) is 0 Å². The highest BCUT2D eigenvalue weighted by atomic mass is 32.2. The van der Waals surface area contributed by atoms with Crippen LogP contribution in [-0.2, 0) is 27.5 Å². The van der Waals surface area contributed by atoms with Gasteiger partial charge in [-0.2, -0.15) is 0 Å². The zero-order chi connectivity index (χ0) is 17.7. The Balaban J connectivity index is 2.01. The van der Waals surface area contributed by atoms with Crippen molar-refractivity contribution in [3.05, 3.63) is 59.7 Å². The molecule has 4 nitrogen and oxygen atoms in total. The van der Waals surface area contributed by atoms with Crippen molar-refractivity contribution >= 4 is 21.4 Å². The van der Waals surface area contributed by atoms with Crippen LogP contribution in [0.25, 0.3) is 0 Å². The maximum atomic E-state index is 12.1. The summed E-state index contributed by atoms with van der Waals surface area (Å²) >= 11 is 0. The van der Waals surface area contributed by atoms with Crippen molar-refractivity contribution in [1.82, 2.24) is 0 Å². The summed E-state index contributed by atoms with van der Waals surface area (Å²) in [7, 11) is -3.29. The predicted molar refractivity (Wildman–Crippen MR) is 96.9 cm³/mol. The lowest BCUT2D eigenvalue weighted by molar-refractivity contribution is -0.115. The molecule has 2 aromatic carbocycles. The van der Waals surface area contributed by atoms with Gasteiger partial charge in [0.25, 0.3) is 0 Å². The summed E-state index contributed by atoms with van der Waals surface area (Å²) in [5.74, 6) is 0.429. The molecule has 0 aliphatic rings. The Bertz CT molecular complexity index is 809. The maximum absolute atomic E-state index is 12.1. The molecule has 1 amide bonds. The lowest BCUT2D eigenvalue weighted by Crippen LogP contribution is -2.14. The van der Waals surface area contributed by atoms with E-state index >= 15 is 0 Å². The van der Waals surface area contributed by atoms with Gasteiger partial charge in [0.2, 0.25) is 5.91 Å². The third-order valence-corrected chi connectivity index (χ3v) is 4.69. The Hall–Kier alpha value is -2.14. The van der Waals surface area contributed by atoms with E-state index in [0.717, 1.165) is 18.2 Å². The fourth-order valence-electron chi connectivity index (χ4n) is 2.46. The molecule has 0 atom stereocenters. The summed E-state index contributed by atoms with van der Waals surface area (Å²) in [5, 5.41) is 2.75. The third kappa shape index (κ3) is 5.49. The molecule has 0 unspecified atom stereocenters. The topological polar surface area (TPSA) is 63.2 Å². The van der Waals surface area contributed by atoms with Gasteiger partial charge in [-0.3, -0.25) is 4.79 Å². The van der Waals surface area contributed by atoms with Crippen molar-refractivity contribution in [2.75, 3.05) is 11.6 Å². The van der Waals surface area contributed by atoms with Crippen molar-refractivity contribution in [3.8, 4) is 0 Å². The van der Waals surface area contributed by atoms with Crippen LogP contribution in [0.1, 0.15) is 25.0 Å². The average Bonchev–Trinajstić information content (AvgIpc) is 2.48. The molecular weight excluding hydrogens is 322 g/mol. The summed E-state index contributed by atoms with van der Waals surface area (Å²) in [4.78, 5) is 12.3. The van der Waals surface area contributed by atoms with Gasteiger partial charge in [0.15, 0.2) is 9.84 Å². The van der Waals surface area contributed by atoms with Gasteiger partial charge in [-0.05, 0) is 41.7 Å². The quantitative estimate of drug-likeness (QED) is 0.872. The first-order chi connectivity index (χ1) is 11.2. The van der Waals surface area contributed by atoms with Crippen LogP contribution in [0, 0.1) is 5.92 Å². The van der Waals surface area contributed by atoms with Crippen LogP contribution in [0.5, 0.6) is 0 Å². The highest BCUT2D eigenvalue weighted by molar-refractivity contribution is 7.90. The summed E-state index contributed by atoms with van der Waals surface area (Å²) < 4.78 is 23.1. The molecule has 0 aliphatic heterocycles. The van der Waals surface area contributed by atoms with E-state index in [2.05, 4.69) is 19.2 Å². The molecule has 1 N–H and O–H groups in total. The van der Waals surface area contributed by atoms with Crippen LogP contribution in [0.4, 0.5) is 5.69 Å². The number of nitrogens with one attached hydrogen (secondary N) is 1. The van der Waals surface area contributed by atoms with E-state index in [9.17, 15) is 13.2 Å². The molecule has 0 bridgehead atoms. The standard InChI is InChI=1S/C19H23NO3S/c1-14(2)11-15-7-9-16(10-8-15)12-19(21)20-17-5-4-6-18(13-17)24(3,22)23/h4-10,13-14H,11-12H2,1-3H3,(H,20,21). The second-order valence-electron chi connectivity index (χ2n) is 6.44. The summed E-state index contributed by atoms with van der Waals surface area (Å²) in [6, 6.07) is 14.3. The van der Waals surface area contributed by atoms with Crippen molar-refractivity contribution in [2.45, 2.75) is 31.6 Å². The zero-order valence-electron chi connectivity index (χ0n) is 14.2. The van der Waals surface area contributed by atoms with Crippen LogP contribution >= 0.6 is 0 Å². The fraction of sp³-hybridized carbons (Fsp3) is 0.316. The van der Waals surface area contributed by atoms with Crippen molar-refractivity contribution in [1.29, 1.82) is 0 Å². The van der Waals surface area contributed by atoms with Gasteiger partial charge in [0.05, 0.1) is 11.3 Å². The Kier molecular flexibility index (Phi) is 5.78. The number of sulfone groups is 1. The lowest BCUT2D eigenvalue weighted by atomic mass is 10.0. The smallest absolute Gasteiger partial charge is 0.228 e. The second kappa shape index (κ2) is 7.62. The lowest BCUT2D eigenvalue weighted by Gasteiger charge is -2.08. The molecule has 0 saturated carbocycles. The minimum absolute atomic E-state index is 0.169. The van der Waals surface area contributed by atoms with Gasteiger partial charge in [-0.15, -0.1) is 0 Å². The van der Waals surface area contributed by atoms with Crippen LogP contribution in [-0.4, -0.2) is 20.6 Å². The van der Waals surface area contributed by atoms with Crippen molar-refractivity contribution in [2.24, 2.45) is 5.92 Å². The monoisotopic (exact) mass is 345 g/mol. The SMILES string of the molecule is CC(C)Cc1ccc(CC(=O)Nc2cccc(S(C)(=O)=O)c2)cc1. The van der Waals surface area contributed by atoms with Crippen molar-refractivity contribution in [3.63, 3.8) is 0 Å². The normalized spacial score (nSPS) is 11.5. The first-order valence-electron chi connectivity index (χ1n) is 7.92. The van der Waals surface area contributed by atoms with Crippen LogP contribution < -0.4 is 5.32 Å². The predicted octanol–water partition coefficient (Wildman–Crippen LogP) is 3.47. The Morgan fingerprint density at radius 2 is 1.67 bits per heavy atom. The molecule has 0 heterocycles. The van der Waals surface area contributed by atoms with Crippen LogP contribution in [0.3, 0.4) is 0 Å². The highest BCUT2D eigenvalue weighted by Crippen LogP contribution is 2.16. The van der Waals surface area contributed by atoms with E-state index in [1.165, 1.54) is 17.7 Å². The fourth-order valence-corrected chi connectivity index (χ4v) is 3.13. The van der Waals surface area contributed by atoms with Crippen LogP contribution in [0.2, 0.25) is 0 Å². The molecule has 128 valence electrons. The van der Waals surface area contributed by atoms with Gasteiger partial charge in [0, 0.05) is 11.9 Å². The maximum Gasteiger partial charge on any atom is 0.228 e. The Labute approximate surface area is 143 Å². The third-order valence-electron chi connectivity index (χ3n) is 3.58. The highest BCUT2D eigenvalue weighted by Gasteiger charge is 2.09. The van der Waals surface area contributed by atoms with Gasteiger partial charge in [-0.25, -0.2) is 8.42 Å². The first kappa shape index (κ1) is 18.2. The van der Waals surface area contributed by atoms with Gasteiger partial charge in [-0.1, -0.05) is 44.2 Å². The van der Waals surface area contributed by atoms with E-state index in [-0.39, 0.29) is 17.2 Å². The number of carbonyl (C=O) groups excluding carboxylic acids is 1. The second-order valence-corrected chi connectivity index (χ2v) is 8.46. The molecule has 0 fully saturated rings. The Morgan fingerprint density at radius 1 is 1.04 bits per heavy atom. The molecule has 0 radical (unpaired) electrons. The number of anilines is 1. The van der Waals surface area contributed by atoms with Crippen LogP contribution in [0.15, 0.2) is 53.4 Å². The number of carbonyl (C=O) groups is 1. The molecule has 24 heavy (non-hydrogen) atoms. The van der Waals surface area contributed by atoms with Gasteiger partial charge in [0.1, 0.15) is 0 Å². The first-order valence-corrected chi connectivity index (χ1v) is 9.81.